The lowest BCUT2D eigenvalue weighted by atomic mass is 10.2. The van der Waals surface area contributed by atoms with Crippen LogP contribution in [0.4, 0.5) is 15.8 Å². The van der Waals surface area contributed by atoms with Crippen LogP contribution in [0.2, 0.25) is 0 Å². The van der Waals surface area contributed by atoms with Gasteiger partial charge in [-0.3, -0.25) is 9.59 Å². The number of amides is 2. The van der Waals surface area contributed by atoms with E-state index in [4.69, 9.17) is 4.42 Å². The summed E-state index contributed by atoms with van der Waals surface area (Å²) in [6.07, 6.45) is 0. The molecule has 0 saturated carbocycles. The highest BCUT2D eigenvalue weighted by Gasteiger charge is 2.16. The van der Waals surface area contributed by atoms with Gasteiger partial charge in [-0.05, 0) is 48.5 Å². The first-order valence-electron chi connectivity index (χ1n) is 7.30. The molecule has 0 radical (unpaired) electrons. The van der Waals surface area contributed by atoms with E-state index in [9.17, 15) is 14.0 Å². The van der Waals surface area contributed by atoms with Gasteiger partial charge in [-0.1, -0.05) is 0 Å². The molecule has 1 aromatic heterocycles. The molecule has 0 fully saturated rings. The second-order valence-corrected chi connectivity index (χ2v) is 5.13. The molecule has 7 nitrogen and oxygen atoms in total. The maximum Gasteiger partial charge on any atom is 0.313 e. The van der Waals surface area contributed by atoms with Gasteiger partial charge in [0, 0.05) is 23.9 Å². The molecule has 2 N–H and O–H groups in total. The third-order valence-electron chi connectivity index (χ3n) is 3.17. The maximum absolute atomic E-state index is 12.9. The summed E-state index contributed by atoms with van der Waals surface area (Å²) in [6, 6.07) is 12.0. The lowest BCUT2D eigenvalue weighted by Crippen LogP contribution is -2.12. The number of rotatable bonds is 4. The molecule has 1 heterocycles. The Bertz CT molecular complexity index is 904. The van der Waals surface area contributed by atoms with Crippen molar-refractivity contribution in [2.75, 3.05) is 10.6 Å². The molecule has 126 valence electrons. The Morgan fingerprint density at radius 1 is 0.920 bits per heavy atom. The Labute approximate surface area is 141 Å². The van der Waals surface area contributed by atoms with Crippen LogP contribution in [0, 0.1) is 5.82 Å². The van der Waals surface area contributed by atoms with Crippen LogP contribution in [0.15, 0.2) is 52.9 Å². The molecule has 2 aromatic carbocycles. The van der Waals surface area contributed by atoms with Crippen molar-refractivity contribution in [1.82, 2.24) is 10.2 Å². The second kappa shape index (κ2) is 6.91. The molecule has 2 amide bonds. The number of hydrogen-bond donors (Lipinski definition) is 2. The maximum atomic E-state index is 12.9. The van der Waals surface area contributed by atoms with Crippen LogP contribution in [-0.2, 0) is 4.79 Å². The molecule has 25 heavy (non-hydrogen) atoms. The monoisotopic (exact) mass is 340 g/mol. The lowest BCUT2D eigenvalue weighted by Gasteiger charge is -2.05. The van der Waals surface area contributed by atoms with Gasteiger partial charge in [-0.2, -0.15) is 0 Å². The highest BCUT2D eigenvalue weighted by atomic mass is 19.1. The molecule has 0 aliphatic carbocycles. The number of anilines is 2. The summed E-state index contributed by atoms with van der Waals surface area (Å²) in [5, 5.41) is 12.7. The Hall–Kier alpha value is -3.55. The second-order valence-electron chi connectivity index (χ2n) is 5.13. The summed E-state index contributed by atoms with van der Waals surface area (Å²) in [5.41, 5.74) is 1.62. The zero-order valence-electron chi connectivity index (χ0n) is 13.1. The SMILES string of the molecule is CC(=O)Nc1ccc(NC(=O)c2nnc(-c3ccc(F)cc3)o2)cc1. The quantitative estimate of drug-likeness (QED) is 0.761. The summed E-state index contributed by atoms with van der Waals surface area (Å²) in [7, 11) is 0. The Morgan fingerprint density at radius 3 is 2.12 bits per heavy atom. The fourth-order valence-electron chi connectivity index (χ4n) is 2.05. The number of carbonyl (C=O) groups excluding carboxylic acids is 2. The highest BCUT2D eigenvalue weighted by molar-refractivity contribution is 6.01. The van der Waals surface area contributed by atoms with Crippen molar-refractivity contribution < 1.29 is 18.4 Å². The molecular weight excluding hydrogens is 327 g/mol. The molecular formula is C17H13FN4O3. The van der Waals surface area contributed by atoms with E-state index in [1.807, 2.05) is 0 Å². The number of aromatic nitrogens is 2. The summed E-state index contributed by atoms with van der Waals surface area (Å²) in [5.74, 6) is -1.25. The van der Waals surface area contributed by atoms with Gasteiger partial charge >= 0.3 is 11.8 Å². The summed E-state index contributed by atoms with van der Waals surface area (Å²) >= 11 is 0. The number of carbonyl (C=O) groups is 2. The van der Waals surface area contributed by atoms with Gasteiger partial charge in [0.15, 0.2) is 0 Å². The van der Waals surface area contributed by atoms with Crippen molar-refractivity contribution in [3.63, 3.8) is 0 Å². The average Bonchev–Trinajstić information content (AvgIpc) is 3.07. The van der Waals surface area contributed by atoms with Crippen molar-refractivity contribution >= 4 is 23.2 Å². The topological polar surface area (TPSA) is 97.1 Å². The third kappa shape index (κ3) is 4.05. The summed E-state index contributed by atoms with van der Waals surface area (Å²) in [6.45, 7) is 1.41. The van der Waals surface area contributed by atoms with Gasteiger partial charge in [0.2, 0.25) is 11.8 Å². The summed E-state index contributed by atoms with van der Waals surface area (Å²) < 4.78 is 18.2. The molecule has 0 atom stereocenters. The van der Waals surface area contributed by atoms with E-state index in [0.717, 1.165) is 0 Å². The van der Waals surface area contributed by atoms with Gasteiger partial charge in [0.1, 0.15) is 5.82 Å². The largest absolute Gasteiger partial charge is 0.412 e. The minimum atomic E-state index is -0.576. The van der Waals surface area contributed by atoms with Gasteiger partial charge in [0.05, 0.1) is 0 Å². The molecule has 0 aliphatic heterocycles. The van der Waals surface area contributed by atoms with Crippen molar-refractivity contribution in [3.05, 3.63) is 60.2 Å². The van der Waals surface area contributed by atoms with Gasteiger partial charge in [-0.15, -0.1) is 10.2 Å². The predicted molar refractivity (Wildman–Crippen MR) is 88.4 cm³/mol. The molecule has 0 saturated heterocycles. The molecule has 0 unspecified atom stereocenters. The van der Waals surface area contributed by atoms with Crippen molar-refractivity contribution in [2.45, 2.75) is 6.92 Å². The van der Waals surface area contributed by atoms with Crippen molar-refractivity contribution in [3.8, 4) is 11.5 Å². The van der Waals surface area contributed by atoms with Crippen LogP contribution in [0.25, 0.3) is 11.5 Å². The summed E-state index contributed by atoms with van der Waals surface area (Å²) in [4.78, 5) is 23.1. The van der Waals surface area contributed by atoms with Gasteiger partial charge in [0.25, 0.3) is 0 Å². The first-order valence-corrected chi connectivity index (χ1v) is 7.30. The lowest BCUT2D eigenvalue weighted by molar-refractivity contribution is -0.114. The number of hydrogen-bond acceptors (Lipinski definition) is 5. The number of benzene rings is 2. The van der Waals surface area contributed by atoms with Crippen molar-refractivity contribution in [2.24, 2.45) is 0 Å². The van der Waals surface area contributed by atoms with Crippen LogP contribution < -0.4 is 10.6 Å². The molecule has 8 heteroatoms. The zero-order valence-corrected chi connectivity index (χ0v) is 13.1. The highest BCUT2D eigenvalue weighted by Crippen LogP contribution is 2.19. The number of nitrogens with zero attached hydrogens (tertiary/aromatic N) is 2. The minimum absolute atomic E-state index is 0.117. The van der Waals surface area contributed by atoms with Gasteiger partial charge < -0.3 is 15.1 Å². The standard InChI is InChI=1S/C17H13FN4O3/c1-10(23)19-13-6-8-14(9-7-13)20-15(24)17-22-21-16(25-17)11-2-4-12(18)5-3-11/h2-9H,1H3,(H,19,23)(H,20,24). The van der Waals surface area contributed by atoms with E-state index in [-0.39, 0.29) is 23.5 Å². The fourth-order valence-corrected chi connectivity index (χ4v) is 2.05. The first kappa shape index (κ1) is 16.3. The fraction of sp³-hybridized carbons (Fsp3) is 0.0588. The average molecular weight is 340 g/mol. The Morgan fingerprint density at radius 2 is 1.52 bits per heavy atom. The van der Waals surface area contributed by atoms with Crippen LogP contribution in [0.5, 0.6) is 0 Å². The van der Waals surface area contributed by atoms with Crippen LogP contribution in [-0.4, -0.2) is 22.0 Å². The Balaban J connectivity index is 1.69. The van der Waals surface area contributed by atoms with E-state index in [1.54, 1.807) is 24.3 Å². The number of halogens is 1. The van der Waals surface area contributed by atoms with Crippen molar-refractivity contribution in [1.29, 1.82) is 0 Å². The van der Waals surface area contributed by atoms with E-state index in [0.29, 0.717) is 16.9 Å². The van der Waals surface area contributed by atoms with Crippen LogP contribution in [0.1, 0.15) is 17.6 Å². The van der Waals surface area contributed by atoms with E-state index < -0.39 is 5.91 Å². The normalized spacial score (nSPS) is 10.3. The van der Waals surface area contributed by atoms with Crippen LogP contribution in [0.3, 0.4) is 0 Å². The van der Waals surface area contributed by atoms with E-state index in [2.05, 4.69) is 20.8 Å². The molecule has 3 aromatic rings. The first-order chi connectivity index (χ1) is 12.0. The van der Waals surface area contributed by atoms with E-state index >= 15 is 0 Å². The predicted octanol–water partition coefficient (Wildman–Crippen LogP) is 3.09. The smallest absolute Gasteiger partial charge is 0.313 e. The minimum Gasteiger partial charge on any atom is -0.412 e. The molecule has 0 aliphatic rings. The third-order valence-corrected chi connectivity index (χ3v) is 3.17. The molecule has 3 rings (SSSR count). The Kier molecular flexibility index (Phi) is 4.51. The number of nitrogens with one attached hydrogen (secondary N) is 2. The van der Waals surface area contributed by atoms with E-state index in [1.165, 1.54) is 31.2 Å². The zero-order chi connectivity index (χ0) is 17.8. The van der Waals surface area contributed by atoms with Crippen LogP contribution >= 0.6 is 0 Å². The molecule has 0 spiro atoms. The molecule has 0 bridgehead atoms. The van der Waals surface area contributed by atoms with Gasteiger partial charge in [-0.25, -0.2) is 4.39 Å².